The van der Waals surface area contributed by atoms with E-state index in [0.29, 0.717) is 10.1 Å². The highest BCUT2D eigenvalue weighted by atomic mass is 79.9. The van der Waals surface area contributed by atoms with Crippen molar-refractivity contribution in [2.45, 2.75) is 42.2 Å². The molecule has 0 aromatic heterocycles. The minimum atomic E-state index is 0.395. The van der Waals surface area contributed by atoms with E-state index in [1.807, 2.05) is 11.8 Å². The molecular formula is C24H20Br2S. The predicted molar refractivity (Wildman–Crippen MR) is 126 cm³/mol. The maximum absolute atomic E-state index is 3.75. The number of thioether (sulfide) groups is 1. The molecule has 3 aliphatic rings. The van der Waals surface area contributed by atoms with Gasteiger partial charge in [0.1, 0.15) is 0 Å². The Kier molecular flexibility index (Phi) is 4.34. The van der Waals surface area contributed by atoms with Gasteiger partial charge in [-0.15, -0.1) is 11.8 Å². The van der Waals surface area contributed by atoms with Crippen molar-refractivity contribution in [1.29, 1.82) is 0 Å². The summed E-state index contributed by atoms with van der Waals surface area (Å²) in [7, 11) is 0. The molecule has 1 heterocycles. The second-order valence-electron chi connectivity index (χ2n) is 7.70. The molecular weight excluding hydrogens is 480 g/mol. The first-order valence-corrected chi connectivity index (χ1v) is 11.9. The van der Waals surface area contributed by atoms with Crippen LogP contribution in [0.2, 0.25) is 0 Å². The third kappa shape index (κ3) is 2.77. The smallest absolute Gasteiger partial charge is 0.0836 e. The Morgan fingerprint density at radius 1 is 1.07 bits per heavy atom. The summed E-state index contributed by atoms with van der Waals surface area (Å²) in [5.41, 5.74) is 10.1. The van der Waals surface area contributed by atoms with Crippen molar-refractivity contribution in [3.63, 3.8) is 0 Å². The third-order valence-electron chi connectivity index (χ3n) is 6.13. The molecule has 0 amide bonds. The molecule has 0 bridgehead atoms. The summed E-state index contributed by atoms with van der Waals surface area (Å²) >= 11 is 9.39. The number of allylic oxidation sites excluding steroid dienone is 2. The van der Waals surface area contributed by atoms with Crippen LogP contribution in [0.3, 0.4) is 0 Å². The van der Waals surface area contributed by atoms with Crippen LogP contribution in [0, 0.1) is 6.92 Å². The molecule has 2 aromatic carbocycles. The van der Waals surface area contributed by atoms with Crippen molar-refractivity contribution < 1.29 is 0 Å². The minimum Gasteiger partial charge on any atom is -0.106 e. The van der Waals surface area contributed by atoms with Gasteiger partial charge in [0.25, 0.3) is 0 Å². The van der Waals surface area contributed by atoms with E-state index < -0.39 is 0 Å². The Morgan fingerprint density at radius 2 is 1.89 bits per heavy atom. The fourth-order valence-electron chi connectivity index (χ4n) is 4.69. The van der Waals surface area contributed by atoms with Crippen LogP contribution in [0.4, 0.5) is 0 Å². The fraction of sp³-hybridized carbons (Fsp3) is 0.250. The molecule has 0 nitrogen and oxygen atoms in total. The lowest BCUT2D eigenvalue weighted by Crippen LogP contribution is -2.19. The maximum Gasteiger partial charge on any atom is 0.0836 e. The maximum atomic E-state index is 3.75. The van der Waals surface area contributed by atoms with E-state index in [1.165, 1.54) is 58.8 Å². The van der Waals surface area contributed by atoms with E-state index >= 15 is 0 Å². The fourth-order valence-corrected chi connectivity index (χ4v) is 7.04. The average Bonchev–Trinajstić information content (AvgIpc) is 3.25. The number of hydrogen-bond acceptors (Lipinski definition) is 1. The summed E-state index contributed by atoms with van der Waals surface area (Å²) in [6, 6.07) is 9.03. The van der Waals surface area contributed by atoms with Crippen LogP contribution in [0.15, 0.2) is 44.8 Å². The summed E-state index contributed by atoms with van der Waals surface area (Å²) < 4.78 is 1.60. The Balaban J connectivity index is 1.65. The molecule has 5 rings (SSSR count). The van der Waals surface area contributed by atoms with Crippen molar-refractivity contribution in [2.24, 2.45) is 0 Å². The zero-order chi connectivity index (χ0) is 18.9. The zero-order valence-electron chi connectivity index (χ0n) is 15.6. The van der Waals surface area contributed by atoms with Gasteiger partial charge >= 0.3 is 0 Å². The van der Waals surface area contributed by atoms with Gasteiger partial charge in [0.2, 0.25) is 0 Å². The van der Waals surface area contributed by atoms with Crippen LogP contribution < -0.4 is 10.4 Å². The Bertz CT molecular complexity index is 1180. The summed E-state index contributed by atoms with van der Waals surface area (Å²) in [4.78, 5) is 1.41. The molecule has 136 valence electrons. The largest absolute Gasteiger partial charge is 0.106 e. The molecule has 2 atom stereocenters. The first-order chi connectivity index (χ1) is 12.9. The van der Waals surface area contributed by atoms with Crippen LogP contribution in [-0.2, 0) is 0 Å². The number of hydrogen-bond donors (Lipinski definition) is 0. The Labute approximate surface area is 181 Å². The number of rotatable bonds is 2. The molecule has 2 aliphatic carbocycles. The molecule has 0 N–H and O–H groups in total. The van der Waals surface area contributed by atoms with E-state index in [-0.39, 0.29) is 0 Å². The molecule has 0 saturated carbocycles. The van der Waals surface area contributed by atoms with E-state index in [1.54, 1.807) is 0 Å². The van der Waals surface area contributed by atoms with Crippen molar-refractivity contribution in [3.8, 4) is 0 Å². The van der Waals surface area contributed by atoms with Gasteiger partial charge in [0.15, 0.2) is 0 Å². The Morgan fingerprint density at radius 3 is 2.70 bits per heavy atom. The molecule has 2 unspecified atom stereocenters. The molecule has 0 saturated heterocycles. The van der Waals surface area contributed by atoms with Crippen LogP contribution in [0.5, 0.6) is 0 Å². The summed E-state index contributed by atoms with van der Waals surface area (Å²) in [6.07, 6.45) is 8.17. The monoisotopic (exact) mass is 498 g/mol. The topological polar surface area (TPSA) is 0 Å². The van der Waals surface area contributed by atoms with Gasteiger partial charge in [-0.25, -0.2) is 0 Å². The van der Waals surface area contributed by atoms with Gasteiger partial charge in [-0.3, -0.25) is 0 Å². The molecule has 27 heavy (non-hydrogen) atoms. The van der Waals surface area contributed by atoms with Crippen molar-refractivity contribution in [1.82, 2.24) is 0 Å². The van der Waals surface area contributed by atoms with Crippen LogP contribution >= 0.6 is 43.6 Å². The van der Waals surface area contributed by atoms with E-state index in [0.717, 1.165) is 6.42 Å². The second-order valence-corrected chi connectivity index (χ2v) is 11.3. The lowest BCUT2D eigenvalue weighted by molar-refractivity contribution is 0.836. The molecule has 0 fully saturated rings. The quantitative estimate of drug-likeness (QED) is 0.423. The summed E-state index contributed by atoms with van der Waals surface area (Å²) in [5.74, 6) is 0.471. The van der Waals surface area contributed by atoms with Crippen LogP contribution in [0.1, 0.15) is 48.4 Å². The highest BCUT2D eigenvalue weighted by Gasteiger charge is 2.27. The SMILES string of the molecule is CC1=Cc2c(C)c3c(cc2=C1CC1C(C)=Cc2c(Br)cccc21)SC(Br)C=3. The first kappa shape index (κ1) is 18.0. The molecule has 3 heteroatoms. The lowest BCUT2D eigenvalue weighted by atomic mass is 9.87. The van der Waals surface area contributed by atoms with Gasteiger partial charge in [-0.2, -0.15) is 0 Å². The number of halogens is 2. The van der Waals surface area contributed by atoms with E-state index in [9.17, 15) is 0 Å². The van der Waals surface area contributed by atoms with Gasteiger partial charge in [-0.05, 0) is 83.2 Å². The molecule has 1 aliphatic heterocycles. The van der Waals surface area contributed by atoms with Gasteiger partial charge < -0.3 is 0 Å². The zero-order valence-corrected chi connectivity index (χ0v) is 19.6. The van der Waals surface area contributed by atoms with Gasteiger partial charge in [-0.1, -0.05) is 67.8 Å². The average molecular weight is 500 g/mol. The minimum absolute atomic E-state index is 0.395. The van der Waals surface area contributed by atoms with Gasteiger partial charge in [0.05, 0.1) is 4.16 Å². The molecule has 2 aromatic rings. The number of benzene rings is 2. The van der Waals surface area contributed by atoms with Crippen molar-refractivity contribution >= 4 is 67.4 Å². The Hall–Kier alpha value is -1.03. The normalized spacial score (nSPS) is 22.2. The van der Waals surface area contributed by atoms with E-state index in [4.69, 9.17) is 0 Å². The number of alkyl halides is 1. The standard InChI is InChI=1S/C24H20Br2S/c1-12-7-18-14(3)19-11-24(26)27-23(19)10-20(18)17(12)9-16-13(2)8-21-15(16)5-4-6-22(21)25/h4-8,10-11,16,24H,9H2,1-3H3. The van der Waals surface area contributed by atoms with Crippen molar-refractivity contribution in [2.75, 3.05) is 0 Å². The summed E-state index contributed by atoms with van der Waals surface area (Å²) in [5, 5.41) is 2.86. The van der Waals surface area contributed by atoms with E-state index in [2.05, 4.69) is 95.1 Å². The van der Waals surface area contributed by atoms with Crippen molar-refractivity contribution in [3.05, 3.63) is 72.6 Å². The molecule has 0 spiro atoms. The lowest BCUT2D eigenvalue weighted by Gasteiger charge is -2.17. The highest BCUT2D eigenvalue weighted by molar-refractivity contribution is 9.11. The third-order valence-corrected chi connectivity index (χ3v) is 8.60. The number of fused-ring (bicyclic) bond motifs is 3. The second kappa shape index (κ2) is 6.50. The highest BCUT2D eigenvalue weighted by Crippen LogP contribution is 2.44. The van der Waals surface area contributed by atoms with Crippen LogP contribution in [0.25, 0.3) is 23.8 Å². The van der Waals surface area contributed by atoms with Crippen LogP contribution in [-0.4, -0.2) is 4.16 Å². The van der Waals surface area contributed by atoms with Gasteiger partial charge in [0, 0.05) is 15.3 Å². The molecule has 0 radical (unpaired) electrons. The summed E-state index contributed by atoms with van der Waals surface area (Å²) in [6.45, 7) is 6.83. The first-order valence-electron chi connectivity index (χ1n) is 9.28. The predicted octanol–water partition coefficient (Wildman–Crippen LogP) is 6.52.